The van der Waals surface area contributed by atoms with Gasteiger partial charge in [-0.05, 0) is 0 Å². The maximum atomic E-state index is 8.85. The second-order valence-electron chi connectivity index (χ2n) is 2.82. The minimum absolute atomic E-state index is 0. The fourth-order valence-electron chi connectivity index (χ4n) is 0.662. The Labute approximate surface area is 112 Å². The van der Waals surface area contributed by atoms with E-state index in [-0.39, 0.29) is 69.3 Å². The second-order valence-corrected chi connectivity index (χ2v) is 2.82. The number of hydrogen-bond acceptors (Lipinski definition) is 6. The highest BCUT2D eigenvalue weighted by Crippen LogP contribution is 1.86. The molecule has 0 amide bonds. The molecule has 0 aliphatic heterocycles. The van der Waals surface area contributed by atoms with Gasteiger partial charge in [0.1, 0.15) is 12.2 Å². The maximum Gasteiger partial charge on any atom is 0.100 e. The van der Waals surface area contributed by atoms with E-state index in [2.05, 4.69) is 0 Å². The van der Waals surface area contributed by atoms with Gasteiger partial charge in [0.15, 0.2) is 0 Å². The molecule has 2 unspecified atom stereocenters. The zero-order valence-electron chi connectivity index (χ0n) is 8.00. The Hall–Kier alpha value is -0.240. The van der Waals surface area contributed by atoms with E-state index in [9.17, 15) is 0 Å². The van der Waals surface area contributed by atoms with Gasteiger partial charge in [-0.15, -0.1) is 0 Å². The van der Waals surface area contributed by atoms with Gasteiger partial charge < -0.3 is 29.9 Å². The average molecular weight is 274 g/mol. The molecule has 0 aromatic rings. The number of rotatable bonds is 9. The van der Waals surface area contributed by atoms with E-state index in [1.807, 2.05) is 0 Å². The highest BCUT2D eigenvalue weighted by Gasteiger charge is 2.02. The fourth-order valence-corrected chi connectivity index (χ4v) is 0.662. The highest BCUT2D eigenvalue weighted by atomic mass is 16.5. The first-order valence-corrected chi connectivity index (χ1v) is 4.44. The first-order valence-electron chi connectivity index (χ1n) is 4.44. The van der Waals surface area contributed by atoms with Crippen LogP contribution in [0.4, 0.5) is 0 Å². The van der Waals surface area contributed by atoms with Crippen LogP contribution < -0.4 is 0 Å². The molecule has 0 saturated carbocycles. The van der Waals surface area contributed by atoms with Crippen molar-refractivity contribution in [2.24, 2.45) is 0 Å². The number of aliphatic hydroxyl groups excluding tert-OH is 4. The Bertz CT molecular complexity index is 109. The standard InChI is InChI=1S/C8H18O6.4CH4/c9-3-7(11)5-13-1-2-14-6-8(12)4-10;;;;/h7-12H,1-6H2;4*1H4. The van der Waals surface area contributed by atoms with Gasteiger partial charge in [0.2, 0.25) is 0 Å². The van der Waals surface area contributed by atoms with Gasteiger partial charge in [0.05, 0.1) is 39.6 Å². The van der Waals surface area contributed by atoms with E-state index in [1.54, 1.807) is 0 Å². The summed E-state index contributed by atoms with van der Waals surface area (Å²) in [5.74, 6) is 0. The van der Waals surface area contributed by atoms with Crippen molar-refractivity contribution in [1.29, 1.82) is 0 Å². The van der Waals surface area contributed by atoms with Crippen LogP contribution >= 0.6 is 0 Å². The summed E-state index contributed by atoms with van der Waals surface area (Å²) in [6.07, 6.45) is -1.73. The summed E-state index contributed by atoms with van der Waals surface area (Å²) in [6.45, 7) is 0.00338. The van der Waals surface area contributed by atoms with Gasteiger partial charge in [0.25, 0.3) is 0 Å². The molecular formula is C12H34O6. The first kappa shape index (κ1) is 30.6. The van der Waals surface area contributed by atoms with Crippen LogP contribution in [0.5, 0.6) is 0 Å². The summed E-state index contributed by atoms with van der Waals surface area (Å²) in [5, 5.41) is 34.5. The quantitative estimate of drug-likeness (QED) is 0.450. The molecule has 0 fully saturated rings. The summed E-state index contributed by atoms with van der Waals surface area (Å²) in [5.41, 5.74) is 0. The van der Waals surface area contributed by atoms with Crippen LogP contribution in [0, 0.1) is 0 Å². The SMILES string of the molecule is C.C.C.C.OCC(O)COCCOCC(O)CO. The number of ether oxygens (including phenoxy) is 2. The molecule has 0 aromatic carbocycles. The van der Waals surface area contributed by atoms with E-state index in [1.165, 1.54) is 0 Å². The zero-order valence-corrected chi connectivity index (χ0v) is 8.00. The van der Waals surface area contributed by atoms with Crippen molar-refractivity contribution in [3.05, 3.63) is 0 Å². The van der Waals surface area contributed by atoms with Gasteiger partial charge in [-0.25, -0.2) is 0 Å². The summed E-state index contributed by atoms with van der Waals surface area (Å²) in [7, 11) is 0. The van der Waals surface area contributed by atoms with Crippen LogP contribution in [-0.2, 0) is 9.47 Å². The van der Waals surface area contributed by atoms with Crippen molar-refractivity contribution in [1.82, 2.24) is 0 Å². The monoisotopic (exact) mass is 274 g/mol. The molecule has 118 valence electrons. The summed E-state index contributed by atoms with van der Waals surface area (Å²) in [4.78, 5) is 0. The molecule has 4 N–H and O–H groups in total. The third-order valence-electron chi connectivity index (χ3n) is 1.41. The van der Waals surface area contributed by atoms with Gasteiger partial charge in [-0.3, -0.25) is 0 Å². The topological polar surface area (TPSA) is 99.4 Å². The van der Waals surface area contributed by atoms with Crippen molar-refractivity contribution in [3.8, 4) is 0 Å². The predicted molar refractivity (Wildman–Crippen MR) is 74.7 cm³/mol. The minimum atomic E-state index is -0.863. The Morgan fingerprint density at radius 1 is 0.667 bits per heavy atom. The van der Waals surface area contributed by atoms with Gasteiger partial charge in [-0.2, -0.15) is 0 Å². The van der Waals surface area contributed by atoms with Crippen LogP contribution in [0.1, 0.15) is 29.7 Å². The molecule has 0 rings (SSSR count). The van der Waals surface area contributed by atoms with Crippen molar-refractivity contribution in [3.63, 3.8) is 0 Å². The zero-order chi connectivity index (χ0) is 10.8. The minimum Gasteiger partial charge on any atom is -0.394 e. The molecule has 0 heterocycles. The van der Waals surface area contributed by atoms with E-state index in [0.29, 0.717) is 0 Å². The van der Waals surface area contributed by atoms with Crippen molar-refractivity contribution >= 4 is 0 Å². The molecular weight excluding hydrogens is 240 g/mol. The Kier molecular flexibility index (Phi) is 37.4. The van der Waals surface area contributed by atoms with Gasteiger partial charge in [-0.1, -0.05) is 29.7 Å². The molecule has 6 heteroatoms. The third-order valence-corrected chi connectivity index (χ3v) is 1.41. The summed E-state index contributed by atoms with van der Waals surface area (Å²) >= 11 is 0. The lowest BCUT2D eigenvalue weighted by molar-refractivity contribution is -0.0354. The third kappa shape index (κ3) is 21.1. The van der Waals surface area contributed by atoms with E-state index >= 15 is 0 Å². The van der Waals surface area contributed by atoms with Crippen LogP contribution in [0.25, 0.3) is 0 Å². The molecule has 0 aliphatic carbocycles. The van der Waals surface area contributed by atoms with E-state index < -0.39 is 12.2 Å². The molecule has 0 bridgehead atoms. The van der Waals surface area contributed by atoms with E-state index in [4.69, 9.17) is 29.9 Å². The molecule has 0 aliphatic rings. The highest BCUT2D eigenvalue weighted by molar-refractivity contribution is 4.50. The molecule has 2 atom stereocenters. The first-order chi connectivity index (χ1) is 6.70. The summed E-state index contributed by atoms with van der Waals surface area (Å²) in [6, 6.07) is 0. The number of aliphatic hydroxyl groups is 4. The van der Waals surface area contributed by atoms with Crippen LogP contribution in [-0.4, -0.2) is 72.3 Å². The van der Waals surface area contributed by atoms with Crippen molar-refractivity contribution < 1.29 is 29.9 Å². The lowest BCUT2D eigenvalue weighted by atomic mass is 10.4. The normalized spacial score (nSPS) is 12.0. The molecule has 0 radical (unpaired) electrons. The summed E-state index contributed by atoms with van der Waals surface area (Å²) < 4.78 is 9.85. The largest absolute Gasteiger partial charge is 0.394 e. The number of hydrogen-bond donors (Lipinski definition) is 4. The smallest absolute Gasteiger partial charge is 0.100 e. The molecule has 0 aromatic heterocycles. The Morgan fingerprint density at radius 2 is 0.944 bits per heavy atom. The second kappa shape index (κ2) is 22.0. The van der Waals surface area contributed by atoms with Gasteiger partial charge >= 0.3 is 0 Å². The lowest BCUT2D eigenvalue weighted by Gasteiger charge is -2.10. The fraction of sp³-hybridized carbons (Fsp3) is 1.00. The Morgan fingerprint density at radius 3 is 1.17 bits per heavy atom. The molecule has 18 heavy (non-hydrogen) atoms. The van der Waals surface area contributed by atoms with Gasteiger partial charge in [0, 0.05) is 0 Å². The Balaban J connectivity index is -0.000000141. The lowest BCUT2D eigenvalue weighted by Crippen LogP contribution is -2.23. The maximum absolute atomic E-state index is 8.85. The van der Waals surface area contributed by atoms with Crippen molar-refractivity contribution in [2.45, 2.75) is 41.9 Å². The average Bonchev–Trinajstić information content (AvgIpc) is 2.22. The molecule has 0 saturated heterocycles. The van der Waals surface area contributed by atoms with Crippen LogP contribution in [0.3, 0.4) is 0 Å². The van der Waals surface area contributed by atoms with Crippen LogP contribution in [0.2, 0.25) is 0 Å². The van der Waals surface area contributed by atoms with Crippen LogP contribution in [0.15, 0.2) is 0 Å². The van der Waals surface area contributed by atoms with Crippen molar-refractivity contribution in [2.75, 3.05) is 39.6 Å². The predicted octanol–water partition coefficient (Wildman–Crippen LogP) is 0.270. The molecule has 6 nitrogen and oxygen atoms in total. The van der Waals surface area contributed by atoms with E-state index in [0.717, 1.165) is 0 Å². The molecule has 0 spiro atoms.